The van der Waals surface area contributed by atoms with Crippen molar-refractivity contribution in [3.05, 3.63) is 84.2 Å². The zero-order chi connectivity index (χ0) is 25.7. The number of nitrogens with one attached hydrogen (secondary N) is 1. The first-order chi connectivity index (χ1) is 17.4. The van der Waals surface area contributed by atoms with Crippen LogP contribution in [0.25, 0.3) is 11.0 Å². The predicted octanol–water partition coefficient (Wildman–Crippen LogP) is 4.27. The van der Waals surface area contributed by atoms with Crippen molar-refractivity contribution in [1.82, 2.24) is 19.9 Å². The molecule has 1 heterocycles. The van der Waals surface area contributed by atoms with Gasteiger partial charge in [0.25, 0.3) is 0 Å². The van der Waals surface area contributed by atoms with Gasteiger partial charge in [-0.3, -0.25) is 9.59 Å². The van der Waals surface area contributed by atoms with Gasteiger partial charge in [0.15, 0.2) is 0 Å². The minimum absolute atomic E-state index is 0.0724. The van der Waals surface area contributed by atoms with Gasteiger partial charge in [0.2, 0.25) is 11.8 Å². The summed E-state index contributed by atoms with van der Waals surface area (Å²) in [6, 6.07) is 19.6. The number of ether oxygens (including phenoxy) is 1. The highest BCUT2D eigenvalue weighted by Gasteiger charge is 2.33. The molecule has 1 atom stereocenters. The van der Waals surface area contributed by atoms with E-state index in [0.717, 1.165) is 0 Å². The number of rotatable bonds is 9. The maximum absolute atomic E-state index is 14.6. The highest BCUT2D eigenvalue weighted by Crippen LogP contribution is 2.22. The number of carbonyl (C=O) groups is 2. The van der Waals surface area contributed by atoms with Crippen LogP contribution < -0.4 is 10.1 Å². The minimum atomic E-state index is -0.867. The summed E-state index contributed by atoms with van der Waals surface area (Å²) in [5, 5.41) is 11.1. The molecule has 186 valence electrons. The second-order valence-electron chi connectivity index (χ2n) is 8.76. The molecule has 0 aliphatic rings. The van der Waals surface area contributed by atoms with E-state index in [0.29, 0.717) is 28.0 Å². The van der Waals surface area contributed by atoms with Crippen LogP contribution in [0.1, 0.15) is 19.4 Å². The SMILES string of the molecule is COc1ccc(NC(=O)C(C(C)C)N(Cc2ccccc2F)C(=O)Cn2nnc3ccccc32)cc1. The zero-order valence-corrected chi connectivity index (χ0v) is 20.4. The van der Waals surface area contributed by atoms with Crippen LogP contribution in [0.4, 0.5) is 10.1 Å². The van der Waals surface area contributed by atoms with Gasteiger partial charge in [-0.1, -0.05) is 49.4 Å². The summed E-state index contributed by atoms with van der Waals surface area (Å²) in [6.45, 7) is 3.49. The second kappa shape index (κ2) is 11.0. The zero-order valence-electron chi connectivity index (χ0n) is 20.4. The summed E-state index contributed by atoms with van der Waals surface area (Å²) in [6.07, 6.45) is 0. The second-order valence-corrected chi connectivity index (χ2v) is 8.76. The predicted molar refractivity (Wildman–Crippen MR) is 135 cm³/mol. The Kier molecular flexibility index (Phi) is 7.58. The van der Waals surface area contributed by atoms with Gasteiger partial charge in [-0.25, -0.2) is 9.07 Å². The monoisotopic (exact) mass is 489 g/mol. The molecule has 1 unspecified atom stereocenters. The number of methoxy groups -OCH3 is 1. The molecule has 36 heavy (non-hydrogen) atoms. The molecule has 0 saturated heterocycles. The molecule has 1 N–H and O–H groups in total. The molecule has 1 aromatic heterocycles. The molecule has 3 aromatic carbocycles. The van der Waals surface area contributed by atoms with E-state index >= 15 is 0 Å². The Morgan fingerprint density at radius 2 is 1.72 bits per heavy atom. The van der Waals surface area contributed by atoms with Crippen molar-refractivity contribution in [1.29, 1.82) is 0 Å². The van der Waals surface area contributed by atoms with Crippen molar-refractivity contribution in [3.8, 4) is 5.75 Å². The number of hydrogen-bond acceptors (Lipinski definition) is 5. The Hall–Kier alpha value is -4.27. The van der Waals surface area contributed by atoms with Gasteiger partial charge >= 0.3 is 0 Å². The summed E-state index contributed by atoms with van der Waals surface area (Å²) in [7, 11) is 1.56. The lowest BCUT2D eigenvalue weighted by atomic mass is 10.00. The summed E-state index contributed by atoms with van der Waals surface area (Å²) >= 11 is 0. The first-order valence-corrected chi connectivity index (χ1v) is 11.6. The van der Waals surface area contributed by atoms with E-state index in [1.165, 1.54) is 15.6 Å². The Bertz CT molecular complexity index is 1350. The normalized spacial score (nSPS) is 11.9. The number of benzene rings is 3. The maximum Gasteiger partial charge on any atom is 0.247 e. The Labute approximate surface area is 208 Å². The molecule has 0 aliphatic carbocycles. The molecule has 0 bridgehead atoms. The maximum atomic E-state index is 14.6. The van der Waals surface area contributed by atoms with E-state index in [-0.39, 0.29) is 30.8 Å². The molecule has 0 radical (unpaired) electrons. The van der Waals surface area contributed by atoms with E-state index < -0.39 is 11.9 Å². The molecule has 0 fully saturated rings. The largest absolute Gasteiger partial charge is 0.497 e. The standard InChI is InChI=1S/C27H28FN5O3/c1-18(2)26(27(35)29-20-12-14-21(36-3)15-13-20)32(16-19-8-4-5-9-22(19)28)25(34)17-33-24-11-7-6-10-23(24)30-31-33/h4-15,18,26H,16-17H2,1-3H3,(H,29,35). The van der Waals surface area contributed by atoms with E-state index in [9.17, 15) is 14.0 Å². The topological polar surface area (TPSA) is 89.4 Å². The molecule has 4 rings (SSSR count). The summed E-state index contributed by atoms with van der Waals surface area (Å²) in [5.74, 6) is -0.795. The smallest absolute Gasteiger partial charge is 0.247 e. The minimum Gasteiger partial charge on any atom is -0.497 e. The number of fused-ring (bicyclic) bond motifs is 1. The van der Waals surface area contributed by atoms with Crippen LogP contribution in [-0.4, -0.2) is 44.9 Å². The summed E-state index contributed by atoms with van der Waals surface area (Å²) in [4.78, 5) is 28.6. The van der Waals surface area contributed by atoms with E-state index in [1.807, 2.05) is 32.0 Å². The van der Waals surface area contributed by atoms with Crippen LogP contribution in [0, 0.1) is 11.7 Å². The molecule has 2 amide bonds. The average molecular weight is 490 g/mol. The Balaban J connectivity index is 1.65. The molecule has 9 heteroatoms. The number of amides is 2. The Morgan fingerprint density at radius 3 is 2.42 bits per heavy atom. The lowest BCUT2D eigenvalue weighted by Gasteiger charge is -2.33. The molecule has 0 aliphatic heterocycles. The van der Waals surface area contributed by atoms with E-state index in [4.69, 9.17) is 4.74 Å². The lowest BCUT2D eigenvalue weighted by Crippen LogP contribution is -2.51. The highest BCUT2D eigenvalue weighted by atomic mass is 19.1. The van der Waals surface area contributed by atoms with Crippen LogP contribution in [-0.2, 0) is 22.7 Å². The van der Waals surface area contributed by atoms with Gasteiger partial charge < -0.3 is 15.0 Å². The summed E-state index contributed by atoms with van der Waals surface area (Å²) in [5.41, 5.74) is 2.23. The van der Waals surface area contributed by atoms with Crippen molar-refractivity contribution in [2.24, 2.45) is 5.92 Å². The number of carbonyl (C=O) groups excluding carboxylic acids is 2. The molecular weight excluding hydrogens is 461 g/mol. The fourth-order valence-electron chi connectivity index (χ4n) is 4.10. The fourth-order valence-corrected chi connectivity index (χ4v) is 4.10. The van der Waals surface area contributed by atoms with Gasteiger partial charge in [0, 0.05) is 17.8 Å². The highest BCUT2D eigenvalue weighted by molar-refractivity contribution is 5.97. The van der Waals surface area contributed by atoms with Crippen molar-refractivity contribution < 1.29 is 18.7 Å². The van der Waals surface area contributed by atoms with Gasteiger partial charge in [0.1, 0.15) is 29.7 Å². The van der Waals surface area contributed by atoms with E-state index in [1.54, 1.807) is 55.6 Å². The third-order valence-corrected chi connectivity index (χ3v) is 5.92. The van der Waals surface area contributed by atoms with Crippen LogP contribution in [0.15, 0.2) is 72.8 Å². The first kappa shape index (κ1) is 24.8. The fraction of sp³-hybridized carbons (Fsp3) is 0.259. The van der Waals surface area contributed by atoms with Crippen LogP contribution in [0.3, 0.4) is 0 Å². The number of aromatic nitrogens is 3. The molecule has 4 aromatic rings. The average Bonchev–Trinajstić information content (AvgIpc) is 3.27. The van der Waals surface area contributed by atoms with Gasteiger partial charge in [-0.15, -0.1) is 5.10 Å². The first-order valence-electron chi connectivity index (χ1n) is 11.6. The van der Waals surface area contributed by atoms with Crippen LogP contribution in [0.2, 0.25) is 0 Å². The lowest BCUT2D eigenvalue weighted by molar-refractivity contribution is -0.141. The quantitative estimate of drug-likeness (QED) is 0.379. The van der Waals surface area contributed by atoms with Crippen molar-refractivity contribution >= 4 is 28.5 Å². The van der Waals surface area contributed by atoms with Gasteiger partial charge in [-0.05, 0) is 48.4 Å². The van der Waals surface area contributed by atoms with Crippen LogP contribution in [0.5, 0.6) is 5.75 Å². The number of hydrogen-bond donors (Lipinski definition) is 1. The molecule has 0 saturated carbocycles. The van der Waals surface area contributed by atoms with Gasteiger partial charge in [0.05, 0.1) is 12.6 Å². The number of nitrogens with zero attached hydrogens (tertiary/aromatic N) is 4. The van der Waals surface area contributed by atoms with E-state index in [2.05, 4.69) is 15.6 Å². The molecule has 8 nitrogen and oxygen atoms in total. The molecular formula is C27H28FN5O3. The Morgan fingerprint density at radius 1 is 1.03 bits per heavy atom. The van der Waals surface area contributed by atoms with Crippen molar-refractivity contribution in [2.75, 3.05) is 12.4 Å². The van der Waals surface area contributed by atoms with Gasteiger partial charge in [-0.2, -0.15) is 0 Å². The summed E-state index contributed by atoms with van der Waals surface area (Å²) < 4.78 is 21.3. The number of para-hydroxylation sites is 1. The third-order valence-electron chi connectivity index (χ3n) is 5.92. The van der Waals surface area contributed by atoms with Crippen molar-refractivity contribution in [3.63, 3.8) is 0 Å². The van der Waals surface area contributed by atoms with Crippen LogP contribution >= 0.6 is 0 Å². The van der Waals surface area contributed by atoms with Crippen molar-refractivity contribution in [2.45, 2.75) is 33.0 Å². The number of halogens is 1. The molecule has 0 spiro atoms. The number of anilines is 1. The third kappa shape index (κ3) is 5.51.